The Morgan fingerprint density at radius 1 is 1.29 bits per heavy atom. The smallest absolute Gasteiger partial charge is 0.410 e. The van der Waals surface area contributed by atoms with Gasteiger partial charge in [0.25, 0.3) is 0 Å². The average Bonchev–Trinajstić information content (AvgIpc) is 2.53. The van der Waals surface area contributed by atoms with Crippen LogP contribution in [0.3, 0.4) is 0 Å². The lowest BCUT2D eigenvalue weighted by molar-refractivity contribution is 0.0195. The molecule has 134 valence electrons. The second-order valence-electron chi connectivity index (χ2n) is 6.93. The number of nitrogens with zero attached hydrogens (tertiary/aromatic N) is 1. The number of carbonyl (C=O) groups is 1. The van der Waals surface area contributed by atoms with Crippen molar-refractivity contribution < 1.29 is 19.0 Å². The van der Waals surface area contributed by atoms with Crippen molar-refractivity contribution in [3.63, 3.8) is 0 Å². The van der Waals surface area contributed by atoms with Gasteiger partial charge < -0.3 is 24.4 Å². The van der Waals surface area contributed by atoms with E-state index in [0.717, 1.165) is 30.0 Å². The first-order valence-corrected chi connectivity index (χ1v) is 8.25. The van der Waals surface area contributed by atoms with Crippen LogP contribution in [-0.2, 0) is 11.2 Å². The summed E-state index contributed by atoms with van der Waals surface area (Å²) in [4.78, 5) is 14.0. The first-order valence-electron chi connectivity index (χ1n) is 8.25. The van der Waals surface area contributed by atoms with E-state index in [1.54, 1.807) is 19.1 Å². The van der Waals surface area contributed by atoms with Crippen molar-refractivity contribution in [3.8, 4) is 11.5 Å². The highest BCUT2D eigenvalue weighted by Gasteiger charge is 2.28. The van der Waals surface area contributed by atoms with Gasteiger partial charge in [-0.05, 0) is 38.8 Å². The molecule has 0 aliphatic carbocycles. The molecule has 1 aliphatic rings. The van der Waals surface area contributed by atoms with Gasteiger partial charge in [0.1, 0.15) is 5.60 Å². The van der Waals surface area contributed by atoms with Crippen LogP contribution in [-0.4, -0.2) is 56.5 Å². The van der Waals surface area contributed by atoms with E-state index >= 15 is 0 Å². The number of nitrogens with one attached hydrogen (secondary N) is 1. The molecule has 1 N–H and O–H groups in total. The number of para-hydroxylation sites is 1. The van der Waals surface area contributed by atoms with E-state index in [9.17, 15) is 4.79 Å². The van der Waals surface area contributed by atoms with Crippen molar-refractivity contribution >= 4 is 6.09 Å². The minimum atomic E-state index is -0.479. The van der Waals surface area contributed by atoms with E-state index in [2.05, 4.69) is 5.32 Å². The number of methoxy groups -OCH3 is 2. The summed E-state index contributed by atoms with van der Waals surface area (Å²) in [5, 5.41) is 3.46. The molecule has 6 heteroatoms. The van der Waals surface area contributed by atoms with Crippen LogP contribution in [0.1, 0.15) is 26.3 Å². The van der Waals surface area contributed by atoms with Gasteiger partial charge in [0.05, 0.1) is 14.2 Å². The molecule has 1 amide bonds. The van der Waals surface area contributed by atoms with Crippen LogP contribution in [0.2, 0.25) is 0 Å². The second-order valence-corrected chi connectivity index (χ2v) is 6.93. The van der Waals surface area contributed by atoms with E-state index in [-0.39, 0.29) is 12.1 Å². The number of piperazine rings is 1. The van der Waals surface area contributed by atoms with Gasteiger partial charge in [0, 0.05) is 25.7 Å². The maximum Gasteiger partial charge on any atom is 0.410 e. The van der Waals surface area contributed by atoms with Crippen LogP contribution >= 0.6 is 0 Å². The van der Waals surface area contributed by atoms with Gasteiger partial charge in [0.2, 0.25) is 0 Å². The summed E-state index contributed by atoms with van der Waals surface area (Å²) in [6.07, 6.45) is 0.492. The summed E-state index contributed by atoms with van der Waals surface area (Å²) in [6.45, 7) is 7.65. The highest BCUT2D eigenvalue weighted by molar-refractivity contribution is 5.68. The van der Waals surface area contributed by atoms with Gasteiger partial charge >= 0.3 is 6.09 Å². The summed E-state index contributed by atoms with van der Waals surface area (Å²) in [5.41, 5.74) is 0.577. The third-order valence-electron chi connectivity index (χ3n) is 3.86. The van der Waals surface area contributed by atoms with Crippen LogP contribution in [0.25, 0.3) is 0 Å². The first-order chi connectivity index (χ1) is 11.3. The molecule has 1 aliphatic heterocycles. The van der Waals surface area contributed by atoms with Crippen LogP contribution in [0.4, 0.5) is 4.79 Å². The van der Waals surface area contributed by atoms with Gasteiger partial charge in [0.15, 0.2) is 11.5 Å². The van der Waals surface area contributed by atoms with Crippen LogP contribution in [0.15, 0.2) is 18.2 Å². The molecule has 0 spiro atoms. The Balaban J connectivity index is 2.05. The molecule has 1 saturated heterocycles. The van der Waals surface area contributed by atoms with Crippen molar-refractivity contribution in [2.24, 2.45) is 0 Å². The molecule has 24 heavy (non-hydrogen) atoms. The summed E-state index contributed by atoms with van der Waals surface area (Å²) < 4.78 is 16.3. The Morgan fingerprint density at radius 3 is 2.67 bits per heavy atom. The van der Waals surface area contributed by atoms with Crippen molar-refractivity contribution in [1.82, 2.24) is 10.2 Å². The minimum absolute atomic E-state index is 0.146. The predicted octanol–water partition coefficient (Wildman–Crippen LogP) is 2.46. The topological polar surface area (TPSA) is 60.0 Å². The lowest BCUT2D eigenvalue weighted by Crippen LogP contribution is -2.54. The molecule has 0 radical (unpaired) electrons. The molecular weight excluding hydrogens is 308 g/mol. The summed E-state index contributed by atoms with van der Waals surface area (Å²) in [7, 11) is 3.27. The Bertz CT molecular complexity index is 569. The van der Waals surface area contributed by atoms with Crippen molar-refractivity contribution in [1.29, 1.82) is 0 Å². The summed E-state index contributed by atoms with van der Waals surface area (Å²) >= 11 is 0. The van der Waals surface area contributed by atoms with E-state index in [0.29, 0.717) is 13.1 Å². The Morgan fingerprint density at radius 2 is 2.04 bits per heavy atom. The van der Waals surface area contributed by atoms with E-state index in [1.165, 1.54) is 0 Å². The van der Waals surface area contributed by atoms with Gasteiger partial charge in [-0.2, -0.15) is 0 Å². The number of ether oxygens (including phenoxy) is 3. The molecule has 1 heterocycles. The number of amides is 1. The molecule has 1 unspecified atom stereocenters. The quantitative estimate of drug-likeness (QED) is 0.915. The number of rotatable bonds is 4. The average molecular weight is 336 g/mol. The van der Waals surface area contributed by atoms with E-state index < -0.39 is 5.60 Å². The SMILES string of the molecule is COc1cccc(CC2CN(C(=O)OC(C)(C)C)CCN2)c1OC. The Labute approximate surface area is 144 Å². The molecule has 6 nitrogen and oxygen atoms in total. The zero-order chi connectivity index (χ0) is 17.7. The van der Waals surface area contributed by atoms with E-state index in [1.807, 2.05) is 39.0 Å². The first kappa shape index (κ1) is 18.4. The normalized spacial score (nSPS) is 18.2. The van der Waals surface area contributed by atoms with Crippen LogP contribution in [0, 0.1) is 0 Å². The molecule has 1 aromatic rings. The maximum absolute atomic E-state index is 12.3. The van der Waals surface area contributed by atoms with Crippen molar-refractivity contribution in [2.75, 3.05) is 33.9 Å². The number of benzene rings is 1. The summed E-state index contributed by atoms with van der Waals surface area (Å²) in [6, 6.07) is 6.00. The lowest BCUT2D eigenvalue weighted by atomic mass is 10.0. The molecule has 0 aromatic heterocycles. The molecule has 1 aromatic carbocycles. The van der Waals surface area contributed by atoms with Crippen LogP contribution < -0.4 is 14.8 Å². The Hall–Kier alpha value is -1.95. The number of hydrogen-bond acceptors (Lipinski definition) is 5. The molecule has 1 atom stereocenters. The third-order valence-corrected chi connectivity index (χ3v) is 3.86. The molecule has 0 bridgehead atoms. The number of hydrogen-bond donors (Lipinski definition) is 1. The molecule has 1 fully saturated rings. The fraction of sp³-hybridized carbons (Fsp3) is 0.611. The van der Waals surface area contributed by atoms with Gasteiger partial charge in [-0.15, -0.1) is 0 Å². The second kappa shape index (κ2) is 7.75. The van der Waals surface area contributed by atoms with Crippen molar-refractivity contribution in [2.45, 2.75) is 38.8 Å². The number of carbonyl (C=O) groups excluding carboxylic acids is 1. The highest BCUT2D eigenvalue weighted by Crippen LogP contribution is 2.31. The van der Waals surface area contributed by atoms with Crippen LogP contribution in [0.5, 0.6) is 11.5 Å². The predicted molar refractivity (Wildman–Crippen MR) is 92.8 cm³/mol. The van der Waals surface area contributed by atoms with Gasteiger partial charge in [-0.1, -0.05) is 12.1 Å². The highest BCUT2D eigenvalue weighted by atomic mass is 16.6. The monoisotopic (exact) mass is 336 g/mol. The van der Waals surface area contributed by atoms with Crippen molar-refractivity contribution in [3.05, 3.63) is 23.8 Å². The fourth-order valence-corrected chi connectivity index (χ4v) is 2.83. The zero-order valence-corrected chi connectivity index (χ0v) is 15.2. The molecule has 2 rings (SSSR count). The van der Waals surface area contributed by atoms with Gasteiger partial charge in [-0.25, -0.2) is 4.79 Å². The fourth-order valence-electron chi connectivity index (χ4n) is 2.83. The largest absolute Gasteiger partial charge is 0.493 e. The molecule has 0 saturated carbocycles. The minimum Gasteiger partial charge on any atom is -0.493 e. The molecular formula is C18H28N2O4. The maximum atomic E-state index is 12.3. The zero-order valence-electron chi connectivity index (χ0n) is 15.2. The van der Waals surface area contributed by atoms with E-state index in [4.69, 9.17) is 14.2 Å². The summed E-state index contributed by atoms with van der Waals surface area (Å²) in [5.74, 6) is 1.46. The standard InChI is InChI=1S/C18H28N2O4/c1-18(2,3)24-17(21)20-10-9-19-14(12-20)11-13-7-6-8-15(22-4)16(13)23-5/h6-8,14,19H,9-12H2,1-5H3. The third kappa shape index (κ3) is 4.77. The van der Waals surface area contributed by atoms with Gasteiger partial charge in [-0.3, -0.25) is 0 Å². The Kier molecular flexibility index (Phi) is 5.94. The lowest BCUT2D eigenvalue weighted by Gasteiger charge is -2.35.